The van der Waals surface area contributed by atoms with Crippen molar-refractivity contribution < 1.29 is 14.4 Å². The average molecular weight is 554 g/mol. The number of nitrogens with two attached hydrogens (primary N) is 1. The summed E-state index contributed by atoms with van der Waals surface area (Å²) in [6.45, 7) is 3.92. The molecule has 3 aliphatic rings. The van der Waals surface area contributed by atoms with E-state index in [2.05, 4.69) is 36.4 Å². The van der Waals surface area contributed by atoms with Gasteiger partial charge in [0.05, 0.1) is 11.1 Å². The monoisotopic (exact) mass is 553 g/mol. The third-order valence-corrected chi connectivity index (χ3v) is 8.03. The fraction of sp³-hybridized carbons (Fsp3) is 0.481. The zero-order valence-corrected chi connectivity index (χ0v) is 22.2. The number of pyridine rings is 1. The Hall–Kier alpha value is -2.94. The maximum absolute atomic E-state index is 13.3. The molecule has 0 radical (unpaired) electrons. The Labute approximate surface area is 219 Å². The first-order valence-electron chi connectivity index (χ1n) is 12.7. The van der Waals surface area contributed by atoms with Gasteiger partial charge < -0.3 is 21.3 Å². The highest BCUT2D eigenvalue weighted by Crippen LogP contribution is 2.39. The number of halogens is 1. The molecule has 8 nitrogen and oxygen atoms in total. The molecule has 9 heteroatoms. The van der Waals surface area contributed by atoms with Crippen LogP contribution in [0, 0.1) is 5.92 Å². The zero-order chi connectivity index (χ0) is 25.6. The first-order chi connectivity index (χ1) is 17.2. The number of nitrogens with one attached hydrogen (secondary N) is 2. The van der Waals surface area contributed by atoms with E-state index in [1.54, 1.807) is 18.3 Å². The number of rotatable bonds is 8. The Kier molecular flexibility index (Phi) is 6.76. The predicted molar refractivity (Wildman–Crippen MR) is 142 cm³/mol. The largest absolute Gasteiger partial charge is 0.382 e. The molecule has 190 valence electrons. The summed E-state index contributed by atoms with van der Waals surface area (Å²) in [5.74, 6) is 0.586. The van der Waals surface area contributed by atoms with E-state index < -0.39 is 5.91 Å². The van der Waals surface area contributed by atoms with E-state index in [1.807, 2.05) is 26.0 Å². The molecule has 2 bridgehead atoms. The van der Waals surface area contributed by atoms with Crippen molar-refractivity contribution in [2.75, 3.05) is 10.2 Å². The van der Waals surface area contributed by atoms with Gasteiger partial charge in [-0.3, -0.25) is 14.4 Å². The van der Waals surface area contributed by atoms with Crippen LogP contribution in [-0.2, 0) is 0 Å². The molecule has 4 N–H and O–H groups in total. The van der Waals surface area contributed by atoms with Gasteiger partial charge in [0.25, 0.3) is 11.8 Å². The summed E-state index contributed by atoms with van der Waals surface area (Å²) in [7, 11) is 0. The fourth-order valence-corrected chi connectivity index (χ4v) is 6.10. The number of benzene rings is 1. The Morgan fingerprint density at radius 3 is 2.31 bits per heavy atom. The van der Waals surface area contributed by atoms with Gasteiger partial charge in [-0.1, -0.05) is 0 Å². The van der Waals surface area contributed by atoms with Crippen molar-refractivity contribution in [1.29, 1.82) is 0 Å². The van der Waals surface area contributed by atoms with E-state index in [9.17, 15) is 14.4 Å². The van der Waals surface area contributed by atoms with Crippen molar-refractivity contribution in [2.24, 2.45) is 11.7 Å². The topological polar surface area (TPSA) is 117 Å². The Morgan fingerprint density at radius 2 is 1.75 bits per heavy atom. The van der Waals surface area contributed by atoms with Gasteiger partial charge in [0.1, 0.15) is 5.82 Å². The Balaban J connectivity index is 1.27. The number of amides is 2. The Morgan fingerprint density at radius 1 is 1.06 bits per heavy atom. The number of carbonyl (C=O) groups is 3. The number of Topliss-reactive ketones (excluding diaryl/α,β-unsaturated/α-hetero) is 1. The number of nitrogens with zero attached hydrogens (tertiary/aromatic N) is 2. The van der Waals surface area contributed by atoms with Crippen LogP contribution in [0.15, 0.2) is 34.9 Å². The first-order valence-corrected chi connectivity index (χ1v) is 13.5. The first kappa shape index (κ1) is 24.7. The number of fused-ring (bicyclic) bond motifs is 2. The van der Waals surface area contributed by atoms with Crippen molar-refractivity contribution in [1.82, 2.24) is 10.3 Å². The molecule has 5 rings (SSSR count). The van der Waals surface area contributed by atoms with Crippen molar-refractivity contribution in [3.63, 3.8) is 0 Å². The lowest BCUT2D eigenvalue weighted by molar-refractivity contribution is 0.0923. The molecular weight excluding hydrogens is 522 g/mol. The second kappa shape index (κ2) is 9.84. The third kappa shape index (κ3) is 4.98. The second-order valence-electron chi connectivity index (χ2n) is 10.5. The molecule has 2 aromatic rings. The number of hydrogen-bond acceptors (Lipinski definition) is 6. The lowest BCUT2D eigenvalue weighted by Crippen LogP contribution is -2.50. The standard InChI is InChI=1S/C27H32BrN5O3/c1-14(2)31-23-12-20(22(28)11-21(23)26(29)35)27(36)32-17-9-18-6-7-19(10-17)33(18)24-8-5-16(13-30-24)25(34)15-3-4-15/h5,8,11-15,17-19,31H,3-4,6-7,9-10H2,1-2H3,(H2,29,35)(H,32,36)/t17?,18-,19+. The van der Waals surface area contributed by atoms with E-state index in [-0.39, 0.29) is 29.7 Å². The fourth-order valence-electron chi connectivity index (χ4n) is 5.58. The maximum Gasteiger partial charge on any atom is 0.252 e. The molecule has 2 aliphatic heterocycles. The van der Waals surface area contributed by atoms with Gasteiger partial charge in [-0.2, -0.15) is 0 Å². The molecule has 2 saturated heterocycles. The third-order valence-electron chi connectivity index (χ3n) is 7.37. The minimum atomic E-state index is -0.548. The van der Waals surface area contributed by atoms with Crippen LogP contribution in [0.25, 0.3) is 0 Å². The number of piperidine rings is 1. The Bertz CT molecular complexity index is 1180. The number of hydrogen-bond donors (Lipinski definition) is 3. The minimum Gasteiger partial charge on any atom is -0.382 e. The summed E-state index contributed by atoms with van der Waals surface area (Å²) < 4.78 is 0.536. The lowest BCUT2D eigenvalue weighted by atomic mass is 9.96. The van der Waals surface area contributed by atoms with E-state index in [1.165, 1.54) is 0 Å². The van der Waals surface area contributed by atoms with Gasteiger partial charge in [0.15, 0.2) is 5.78 Å². The molecule has 3 heterocycles. The summed E-state index contributed by atoms with van der Waals surface area (Å²) in [6.07, 6.45) is 7.49. The molecule has 1 unspecified atom stereocenters. The van der Waals surface area contributed by atoms with Crippen LogP contribution in [0.4, 0.5) is 11.5 Å². The van der Waals surface area contributed by atoms with Gasteiger partial charge >= 0.3 is 0 Å². The van der Waals surface area contributed by atoms with Crippen molar-refractivity contribution >= 4 is 45.0 Å². The van der Waals surface area contributed by atoms with Crippen molar-refractivity contribution in [3.8, 4) is 0 Å². The smallest absolute Gasteiger partial charge is 0.252 e. The maximum atomic E-state index is 13.3. The molecule has 3 fully saturated rings. The van der Waals surface area contributed by atoms with Crippen molar-refractivity contribution in [3.05, 3.63) is 51.6 Å². The van der Waals surface area contributed by atoms with Crippen molar-refractivity contribution in [2.45, 2.75) is 76.5 Å². The molecule has 2 amide bonds. The molecule has 3 atom stereocenters. The number of carbonyl (C=O) groups excluding carboxylic acids is 3. The normalized spacial score (nSPS) is 23.0. The van der Waals surface area contributed by atoms with E-state index in [0.717, 1.165) is 44.3 Å². The average Bonchev–Trinajstić information content (AvgIpc) is 3.64. The van der Waals surface area contributed by atoms with Crippen LogP contribution in [0.5, 0.6) is 0 Å². The molecule has 1 aromatic carbocycles. The highest BCUT2D eigenvalue weighted by Gasteiger charge is 2.42. The SMILES string of the molecule is CC(C)Nc1cc(C(=O)NC2C[C@H]3CC[C@@H](C2)N3c2ccc(C(=O)C3CC3)cn2)c(Br)cc1C(N)=O. The number of aromatic nitrogens is 1. The van der Waals surface area contributed by atoms with Crippen LogP contribution in [0.3, 0.4) is 0 Å². The van der Waals surface area contributed by atoms with Crippen LogP contribution in [-0.4, -0.2) is 46.7 Å². The van der Waals surface area contributed by atoms with Crippen LogP contribution < -0.4 is 21.3 Å². The van der Waals surface area contributed by atoms with Gasteiger partial charge in [0, 0.05) is 52.0 Å². The van der Waals surface area contributed by atoms with E-state index in [0.29, 0.717) is 38.9 Å². The highest BCUT2D eigenvalue weighted by atomic mass is 79.9. The summed E-state index contributed by atoms with van der Waals surface area (Å²) in [4.78, 5) is 44.5. The number of anilines is 2. The van der Waals surface area contributed by atoms with E-state index >= 15 is 0 Å². The molecule has 36 heavy (non-hydrogen) atoms. The second-order valence-corrected chi connectivity index (χ2v) is 11.4. The van der Waals surface area contributed by atoms with Crippen LogP contribution in [0.2, 0.25) is 0 Å². The zero-order valence-electron chi connectivity index (χ0n) is 20.6. The lowest BCUT2D eigenvalue weighted by Gasteiger charge is -2.40. The predicted octanol–water partition coefficient (Wildman–Crippen LogP) is 4.29. The quantitative estimate of drug-likeness (QED) is 0.420. The van der Waals surface area contributed by atoms with Crippen LogP contribution >= 0.6 is 15.9 Å². The highest BCUT2D eigenvalue weighted by molar-refractivity contribution is 9.10. The van der Waals surface area contributed by atoms with Crippen LogP contribution in [0.1, 0.15) is 83.4 Å². The molecule has 0 spiro atoms. The summed E-state index contributed by atoms with van der Waals surface area (Å²) >= 11 is 3.45. The number of ketones is 1. The molecule has 1 aliphatic carbocycles. The van der Waals surface area contributed by atoms with Gasteiger partial charge in [0.2, 0.25) is 0 Å². The number of primary amides is 1. The molecular formula is C27H32BrN5O3. The molecule has 1 aromatic heterocycles. The molecule has 1 saturated carbocycles. The minimum absolute atomic E-state index is 0.0474. The van der Waals surface area contributed by atoms with Gasteiger partial charge in [-0.05, 0) is 92.6 Å². The van der Waals surface area contributed by atoms with Gasteiger partial charge in [-0.25, -0.2) is 4.98 Å². The summed E-state index contributed by atoms with van der Waals surface area (Å²) in [5, 5.41) is 6.43. The van der Waals surface area contributed by atoms with E-state index in [4.69, 9.17) is 5.73 Å². The summed E-state index contributed by atoms with van der Waals surface area (Å²) in [6, 6.07) is 7.90. The van der Waals surface area contributed by atoms with Gasteiger partial charge in [-0.15, -0.1) is 0 Å². The summed E-state index contributed by atoms with van der Waals surface area (Å²) in [5.41, 5.74) is 7.61.